The summed E-state index contributed by atoms with van der Waals surface area (Å²) in [5, 5.41) is 5.99. The molecule has 2 atom stereocenters. The van der Waals surface area contributed by atoms with Crippen molar-refractivity contribution in [3.8, 4) is 0 Å². The maximum absolute atomic E-state index is 11.7. The molecule has 18 heavy (non-hydrogen) atoms. The third kappa shape index (κ3) is 4.33. The van der Waals surface area contributed by atoms with Crippen molar-refractivity contribution in [1.82, 2.24) is 10.6 Å². The standard InChI is InChI=1S/C14H24N2O2/c1-11(8-9-13-7-4-10-18-13)15-14(17)16-12-5-2-3-6-12/h2-3,11-13H,4-10H2,1H3,(H2,15,16,17)/t11-,13-/m0/s1. The van der Waals surface area contributed by atoms with Crippen LogP contribution in [0.3, 0.4) is 0 Å². The molecule has 1 aliphatic carbocycles. The number of ether oxygens (including phenoxy) is 1. The number of carbonyl (C=O) groups is 1. The molecular weight excluding hydrogens is 228 g/mol. The summed E-state index contributed by atoms with van der Waals surface area (Å²) in [7, 11) is 0. The second-order valence-electron chi connectivity index (χ2n) is 5.37. The lowest BCUT2D eigenvalue weighted by Crippen LogP contribution is -2.44. The molecule has 0 aromatic rings. The van der Waals surface area contributed by atoms with Crippen LogP contribution in [0.15, 0.2) is 12.2 Å². The highest BCUT2D eigenvalue weighted by molar-refractivity contribution is 5.74. The van der Waals surface area contributed by atoms with Crippen molar-refractivity contribution >= 4 is 6.03 Å². The number of carbonyl (C=O) groups excluding carboxylic acids is 1. The number of nitrogens with one attached hydrogen (secondary N) is 2. The van der Waals surface area contributed by atoms with Gasteiger partial charge in [-0.1, -0.05) is 12.2 Å². The number of urea groups is 1. The normalized spacial score (nSPS) is 25.3. The third-order valence-corrected chi connectivity index (χ3v) is 3.67. The summed E-state index contributed by atoms with van der Waals surface area (Å²) >= 11 is 0. The Hall–Kier alpha value is -1.03. The van der Waals surface area contributed by atoms with Crippen molar-refractivity contribution in [3.63, 3.8) is 0 Å². The van der Waals surface area contributed by atoms with Gasteiger partial charge in [0, 0.05) is 18.7 Å². The van der Waals surface area contributed by atoms with Crippen LogP contribution in [0.2, 0.25) is 0 Å². The Morgan fingerprint density at radius 1 is 1.44 bits per heavy atom. The predicted molar refractivity (Wildman–Crippen MR) is 71.5 cm³/mol. The molecule has 0 saturated carbocycles. The van der Waals surface area contributed by atoms with Crippen molar-refractivity contribution in [2.75, 3.05) is 6.61 Å². The van der Waals surface area contributed by atoms with E-state index in [0.29, 0.717) is 6.10 Å². The van der Waals surface area contributed by atoms with E-state index >= 15 is 0 Å². The predicted octanol–water partition coefficient (Wildman–Crippen LogP) is 2.35. The van der Waals surface area contributed by atoms with Gasteiger partial charge in [0.05, 0.1) is 6.10 Å². The Morgan fingerprint density at radius 3 is 2.89 bits per heavy atom. The van der Waals surface area contributed by atoms with E-state index < -0.39 is 0 Å². The summed E-state index contributed by atoms with van der Waals surface area (Å²) in [5.74, 6) is 0. The fraction of sp³-hybridized carbons (Fsp3) is 0.786. The molecule has 2 rings (SSSR count). The molecule has 2 aliphatic rings. The van der Waals surface area contributed by atoms with Crippen molar-refractivity contribution in [2.45, 2.75) is 63.6 Å². The molecular formula is C14H24N2O2. The van der Waals surface area contributed by atoms with Crippen LogP contribution in [0.4, 0.5) is 4.79 Å². The van der Waals surface area contributed by atoms with Gasteiger partial charge in [-0.25, -0.2) is 4.79 Å². The molecule has 1 fully saturated rings. The molecule has 0 aromatic heterocycles. The average Bonchev–Trinajstić information content (AvgIpc) is 2.98. The molecule has 1 heterocycles. The van der Waals surface area contributed by atoms with Crippen LogP contribution < -0.4 is 10.6 Å². The van der Waals surface area contributed by atoms with Crippen LogP contribution in [-0.2, 0) is 4.74 Å². The second-order valence-corrected chi connectivity index (χ2v) is 5.37. The van der Waals surface area contributed by atoms with E-state index in [4.69, 9.17) is 4.74 Å². The zero-order chi connectivity index (χ0) is 12.8. The molecule has 4 heteroatoms. The lowest BCUT2D eigenvalue weighted by atomic mass is 10.1. The van der Waals surface area contributed by atoms with E-state index in [2.05, 4.69) is 29.7 Å². The zero-order valence-corrected chi connectivity index (χ0v) is 11.2. The Kier molecular flexibility index (Phi) is 5.05. The van der Waals surface area contributed by atoms with Gasteiger partial charge in [-0.15, -0.1) is 0 Å². The van der Waals surface area contributed by atoms with E-state index in [1.165, 1.54) is 12.8 Å². The van der Waals surface area contributed by atoms with Crippen LogP contribution in [0.1, 0.15) is 45.4 Å². The fourth-order valence-electron chi connectivity index (χ4n) is 2.57. The van der Waals surface area contributed by atoms with Crippen molar-refractivity contribution in [1.29, 1.82) is 0 Å². The number of hydrogen-bond donors (Lipinski definition) is 2. The molecule has 2 N–H and O–H groups in total. The Morgan fingerprint density at radius 2 is 2.22 bits per heavy atom. The van der Waals surface area contributed by atoms with Gasteiger partial charge >= 0.3 is 6.03 Å². The van der Waals surface area contributed by atoms with Gasteiger partial charge in [-0.2, -0.15) is 0 Å². The van der Waals surface area contributed by atoms with Gasteiger partial charge in [0.1, 0.15) is 0 Å². The Labute approximate surface area is 109 Å². The van der Waals surface area contributed by atoms with Gasteiger partial charge in [-0.3, -0.25) is 0 Å². The molecule has 1 saturated heterocycles. The first-order chi connectivity index (χ1) is 8.74. The highest BCUT2D eigenvalue weighted by atomic mass is 16.5. The minimum Gasteiger partial charge on any atom is -0.378 e. The molecule has 0 bridgehead atoms. The highest BCUT2D eigenvalue weighted by Gasteiger charge is 2.18. The van der Waals surface area contributed by atoms with Gasteiger partial charge in [0.2, 0.25) is 0 Å². The van der Waals surface area contributed by atoms with E-state index in [9.17, 15) is 4.79 Å². The molecule has 0 aromatic carbocycles. The summed E-state index contributed by atoms with van der Waals surface area (Å²) in [5.41, 5.74) is 0. The number of hydrogen-bond acceptors (Lipinski definition) is 2. The highest BCUT2D eigenvalue weighted by Crippen LogP contribution is 2.17. The summed E-state index contributed by atoms with van der Waals surface area (Å²) < 4.78 is 5.58. The summed E-state index contributed by atoms with van der Waals surface area (Å²) in [6.07, 6.45) is 10.9. The van der Waals surface area contributed by atoms with Crippen LogP contribution >= 0.6 is 0 Å². The topological polar surface area (TPSA) is 50.4 Å². The molecule has 102 valence electrons. The zero-order valence-electron chi connectivity index (χ0n) is 11.2. The fourth-order valence-corrected chi connectivity index (χ4v) is 2.57. The minimum atomic E-state index is -0.0384. The smallest absolute Gasteiger partial charge is 0.315 e. The lowest BCUT2D eigenvalue weighted by molar-refractivity contribution is 0.100. The quantitative estimate of drug-likeness (QED) is 0.738. The van der Waals surface area contributed by atoms with Crippen LogP contribution in [0.5, 0.6) is 0 Å². The van der Waals surface area contributed by atoms with E-state index in [-0.39, 0.29) is 18.1 Å². The number of rotatable bonds is 5. The first-order valence-electron chi connectivity index (χ1n) is 7.07. The van der Waals surface area contributed by atoms with Gasteiger partial charge in [-0.05, 0) is 45.4 Å². The summed E-state index contributed by atoms with van der Waals surface area (Å²) in [6, 6.07) is 0.461. The van der Waals surface area contributed by atoms with Gasteiger partial charge in [0.25, 0.3) is 0 Å². The van der Waals surface area contributed by atoms with E-state index in [1.807, 2.05) is 0 Å². The SMILES string of the molecule is C[C@@H](CC[C@@H]1CCCO1)NC(=O)NC1CC=CC1. The molecule has 0 spiro atoms. The van der Waals surface area contributed by atoms with Crippen molar-refractivity contribution in [3.05, 3.63) is 12.2 Å². The first kappa shape index (κ1) is 13.4. The Balaban J connectivity index is 1.57. The van der Waals surface area contributed by atoms with Crippen molar-refractivity contribution < 1.29 is 9.53 Å². The van der Waals surface area contributed by atoms with Crippen LogP contribution in [0.25, 0.3) is 0 Å². The molecule has 1 aliphatic heterocycles. The molecule has 0 unspecified atom stereocenters. The molecule has 0 radical (unpaired) electrons. The van der Waals surface area contributed by atoms with Gasteiger partial charge < -0.3 is 15.4 Å². The maximum atomic E-state index is 11.7. The van der Waals surface area contributed by atoms with E-state index in [1.54, 1.807) is 0 Å². The van der Waals surface area contributed by atoms with Gasteiger partial charge in [0.15, 0.2) is 0 Å². The Bertz CT molecular complexity index is 290. The summed E-state index contributed by atoms with van der Waals surface area (Å²) in [4.78, 5) is 11.7. The monoisotopic (exact) mass is 252 g/mol. The summed E-state index contributed by atoms with van der Waals surface area (Å²) in [6.45, 7) is 2.96. The van der Waals surface area contributed by atoms with Crippen LogP contribution in [-0.4, -0.2) is 30.8 Å². The first-order valence-corrected chi connectivity index (χ1v) is 7.07. The maximum Gasteiger partial charge on any atom is 0.315 e. The second kappa shape index (κ2) is 6.78. The van der Waals surface area contributed by atoms with Crippen molar-refractivity contribution in [2.24, 2.45) is 0 Å². The van der Waals surface area contributed by atoms with Crippen LogP contribution in [0, 0.1) is 0 Å². The third-order valence-electron chi connectivity index (χ3n) is 3.67. The minimum absolute atomic E-state index is 0.0384. The largest absolute Gasteiger partial charge is 0.378 e. The lowest BCUT2D eigenvalue weighted by Gasteiger charge is -2.18. The molecule has 4 nitrogen and oxygen atoms in total. The molecule has 2 amide bonds. The average molecular weight is 252 g/mol. The van der Waals surface area contributed by atoms with E-state index in [0.717, 1.165) is 32.3 Å². The number of amides is 2.